The van der Waals surface area contributed by atoms with Crippen LogP contribution >= 0.6 is 0 Å². The number of benzene rings is 2. The van der Waals surface area contributed by atoms with Gasteiger partial charge in [0.15, 0.2) is 0 Å². The summed E-state index contributed by atoms with van der Waals surface area (Å²) >= 11 is 0. The van der Waals surface area contributed by atoms with Crippen LogP contribution in [-0.2, 0) is 14.3 Å². The Hall–Kier alpha value is -3.39. The molecule has 186 valence electrons. The van der Waals surface area contributed by atoms with Crippen molar-refractivity contribution in [3.63, 3.8) is 0 Å². The highest BCUT2D eigenvalue weighted by Gasteiger charge is 2.36. The van der Waals surface area contributed by atoms with Gasteiger partial charge in [-0.15, -0.1) is 0 Å². The molecule has 0 radical (unpaired) electrons. The van der Waals surface area contributed by atoms with Crippen molar-refractivity contribution in [3.05, 3.63) is 59.7 Å². The van der Waals surface area contributed by atoms with Crippen LogP contribution in [0.4, 0.5) is 4.79 Å². The van der Waals surface area contributed by atoms with Crippen LogP contribution < -0.4 is 5.32 Å². The highest BCUT2D eigenvalue weighted by Crippen LogP contribution is 2.44. The number of rotatable bonds is 7. The number of nitrogens with one attached hydrogen (secondary N) is 1. The lowest BCUT2D eigenvalue weighted by molar-refractivity contribution is -0.148. The summed E-state index contributed by atoms with van der Waals surface area (Å²) in [7, 11) is 3.67. The van der Waals surface area contributed by atoms with Gasteiger partial charge >= 0.3 is 12.1 Å². The Labute approximate surface area is 205 Å². The molecule has 8 nitrogen and oxygen atoms in total. The number of ether oxygens (including phenoxy) is 1. The Morgan fingerprint density at radius 1 is 1.09 bits per heavy atom. The molecule has 2 aliphatic rings. The number of carboxylic acids is 1. The zero-order chi connectivity index (χ0) is 25.1. The van der Waals surface area contributed by atoms with Gasteiger partial charge in [-0.2, -0.15) is 0 Å². The Balaban J connectivity index is 1.42. The van der Waals surface area contributed by atoms with E-state index in [1.54, 1.807) is 4.90 Å². The van der Waals surface area contributed by atoms with E-state index < -0.39 is 24.0 Å². The summed E-state index contributed by atoms with van der Waals surface area (Å²) in [4.78, 5) is 41.0. The Morgan fingerprint density at radius 3 is 2.23 bits per heavy atom. The van der Waals surface area contributed by atoms with Crippen molar-refractivity contribution in [3.8, 4) is 11.1 Å². The van der Waals surface area contributed by atoms with Crippen molar-refractivity contribution >= 4 is 18.0 Å². The number of nitrogens with zero attached hydrogens (tertiary/aromatic N) is 2. The molecule has 3 unspecified atom stereocenters. The molecule has 2 amide bonds. The fourth-order valence-electron chi connectivity index (χ4n) is 5.26. The van der Waals surface area contributed by atoms with Crippen molar-refractivity contribution in [2.24, 2.45) is 5.92 Å². The predicted molar refractivity (Wildman–Crippen MR) is 132 cm³/mol. The van der Waals surface area contributed by atoms with Crippen LogP contribution in [0.3, 0.4) is 0 Å². The van der Waals surface area contributed by atoms with Gasteiger partial charge in [0.1, 0.15) is 12.6 Å². The minimum absolute atomic E-state index is 0.0637. The Kier molecular flexibility index (Phi) is 7.40. The number of carboxylic acid groups (broad SMARTS) is 1. The van der Waals surface area contributed by atoms with Crippen LogP contribution in [0.1, 0.15) is 36.8 Å². The van der Waals surface area contributed by atoms with Crippen molar-refractivity contribution in [1.29, 1.82) is 0 Å². The zero-order valence-electron chi connectivity index (χ0n) is 20.4. The lowest BCUT2D eigenvalue weighted by atomic mass is 9.91. The summed E-state index contributed by atoms with van der Waals surface area (Å²) in [6.45, 7) is 2.69. The zero-order valence-corrected chi connectivity index (χ0v) is 20.4. The number of hydrogen-bond donors (Lipinski definition) is 2. The molecule has 4 rings (SSSR count). The molecule has 1 heterocycles. The molecule has 0 aromatic heterocycles. The summed E-state index contributed by atoms with van der Waals surface area (Å²) in [6.07, 6.45) is 0.172. The molecule has 0 bridgehead atoms. The molecule has 1 aliphatic carbocycles. The van der Waals surface area contributed by atoms with Gasteiger partial charge in [-0.05, 0) is 56.1 Å². The van der Waals surface area contributed by atoms with Crippen LogP contribution in [0.2, 0.25) is 0 Å². The minimum Gasteiger partial charge on any atom is -0.481 e. The Bertz CT molecular complexity index is 1060. The topological polar surface area (TPSA) is 99.2 Å². The summed E-state index contributed by atoms with van der Waals surface area (Å²) in [5.41, 5.74) is 4.54. The second-order valence-electron chi connectivity index (χ2n) is 9.72. The van der Waals surface area contributed by atoms with Crippen molar-refractivity contribution in [2.75, 3.05) is 33.8 Å². The van der Waals surface area contributed by atoms with Gasteiger partial charge in [0.2, 0.25) is 5.91 Å². The number of fused-ring (bicyclic) bond motifs is 3. The Morgan fingerprint density at radius 2 is 1.69 bits per heavy atom. The number of alkyl carbamates (subject to hydrolysis) is 1. The molecule has 1 fully saturated rings. The van der Waals surface area contributed by atoms with Crippen LogP contribution in [0.5, 0.6) is 0 Å². The van der Waals surface area contributed by atoms with Gasteiger partial charge in [-0.25, -0.2) is 4.79 Å². The molecular formula is C27H33N3O5. The lowest BCUT2D eigenvalue weighted by Gasteiger charge is -2.38. The van der Waals surface area contributed by atoms with Crippen LogP contribution in [0.15, 0.2) is 48.5 Å². The average molecular weight is 480 g/mol. The number of aliphatic carboxylic acids is 1. The molecule has 1 aliphatic heterocycles. The highest BCUT2D eigenvalue weighted by atomic mass is 16.5. The van der Waals surface area contributed by atoms with Crippen LogP contribution in [0.25, 0.3) is 11.1 Å². The molecule has 2 N–H and O–H groups in total. The van der Waals surface area contributed by atoms with Crippen molar-refractivity contribution in [2.45, 2.75) is 37.8 Å². The maximum atomic E-state index is 13.3. The normalized spacial score (nSPS) is 20.2. The average Bonchev–Trinajstić information content (AvgIpc) is 3.15. The predicted octanol–water partition coefficient (Wildman–Crippen LogP) is 3.17. The van der Waals surface area contributed by atoms with Crippen LogP contribution in [0, 0.1) is 5.92 Å². The number of piperidine rings is 1. The second kappa shape index (κ2) is 10.5. The number of hydrogen-bond acceptors (Lipinski definition) is 5. The SMILES string of the molecule is CC1CC(C(=O)O)CCN1C(=O)C(CN(C)C)NC(=O)OCC1c2ccccc2-c2ccccc21. The number of likely N-dealkylation sites (N-methyl/N-ethyl adjacent to an activating group) is 1. The first kappa shape index (κ1) is 24.7. The standard InChI is InChI=1S/C27H33N3O5/c1-17-14-18(26(32)33)12-13-30(17)25(31)24(15-29(2)3)28-27(34)35-16-23-21-10-6-4-8-19(21)20-9-5-7-11-22(20)23/h4-11,17-18,23-24H,12-16H2,1-3H3,(H,28,34)(H,32,33). The monoisotopic (exact) mass is 479 g/mol. The molecule has 0 spiro atoms. The highest BCUT2D eigenvalue weighted by molar-refractivity contribution is 5.86. The molecule has 0 saturated carbocycles. The number of carbonyl (C=O) groups excluding carboxylic acids is 2. The fraction of sp³-hybridized carbons (Fsp3) is 0.444. The van der Waals surface area contributed by atoms with Crippen molar-refractivity contribution in [1.82, 2.24) is 15.1 Å². The van der Waals surface area contributed by atoms with Gasteiger partial charge in [0.25, 0.3) is 0 Å². The molecule has 2 aromatic rings. The summed E-state index contributed by atoms with van der Waals surface area (Å²) in [6, 6.07) is 15.2. The molecular weight excluding hydrogens is 446 g/mol. The maximum Gasteiger partial charge on any atom is 0.407 e. The third kappa shape index (κ3) is 5.32. The molecule has 8 heteroatoms. The fourth-order valence-corrected chi connectivity index (χ4v) is 5.26. The molecule has 2 aromatic carbocycles. The first-order valence-corrected chi connectivity index (χ1v) is 12.1. The number of amides is 2. The third-order valence-corrected chi connectivity index (χ3v) is 6.99. The van der Waals surface area contributed by atoms with E-state index in [2.05, 4.69) is 29.6 Å². The first-order chi connectivity index (χ1) is 16.8. The minimum atomic E-state index is -0.828. The van der Waals surface area contributed by atoms with E-state index >= 15 is 0 Å². The number of carbonyl (C=O) groups is 3. The second-order valence-corrected chi connectivity index (χ2v) is 9.72. The van der Waals surface area contributed by atoms with Gasteiger partial charge in [0.05, 0.1) is 5.92 Å². The number of likely N-dealkylation sites (tertiary alicyclic amines) is 1. The van der Waals surface area contributed by atoms with E-state index in [1.807, 2.05) is 50.2 Å². The quantitative estimate of drug-likeness (QED) is 0.633. The third-order valence-electron chi connectivity index (χ3n) is 6.99. The van der Waals surface area contributed by atoms with Gasteiger partial charge in [-0.1, -0.05) is 48.5 Å². The van der Waals surface area contributed by atoms with Gasteiger partial charge in [-0.3, -0.25) is 9.59 Å². The largest absolute Gasteiger partial charge is 0.481 e. The van der Waals surface area contributed by atoms with E-state index in [9.17, 15) is 19.5 Å². The molecule has 1 saturated heterocycles. The molecule has 35 heavy (non-hydrogen) atoms. The summed E-state index contributed by atoms with van der Waals surface area (Å²) in [5.74, 6) is -1.56. The summed E-state index contributed by atoms with van der Waals surface area (Å²) in [5, 5.41) is 12.1. The molecule has 3 atom stereocenters. The lowest BCUT2D eigenvalue weighted by Crippen LogP contribution is -2.57. The van der Waals surface area contributed by atoms with Gasteiger partial charge < -0.3 is 25.0 Å². The van der Waals surface area contributed by atoms with Crippen LogP contribution in [-0.4, -0.2) is 78.8 Å². The van der Waals surface area contributed by atoms with E-state index in [-0.39, 0.29) is 24.5 Å². The van der Waals surface area contributed by atoms with E-state index in [4.69, 9.17) is 4.74 Å². The maximum absolute atomic E-state index is 13.3. The van der Waals surface area contributed by atoms with Gasteiger partial charge in [0, 0.05) is 25.0 Å². The van der Waals surface area contributed by atoms with E-state index in [0.717, 1.165) is 22.3 Å². The van der Waals surface area contributed by atoms with Crippen molar-refractivity contribution < 1.29 is 24.2 Å². The summed E-state index contributed by atoms with van der Waals surface area (Å²) < 4.78 is 5.65. The van der Waals surface area contributed by atoms with E-state index in [1.165, 1.54) is 0 Å². The smallest absolute Gasteiger partial charge is 0.407 e. The first-order valence-electron chi connectivity index (χ1n) is 12.1. The van der Waals surface area contributed by atoms with E-state index in [0.29, 0.717) is 25.9 Å².